The molecule has 1 saturated heterocycles. The minimum Gasteiger partial charge on any atom is -0.385 e. The van der Waals surface area contributed by atoms with Crippen molar-refractivity contribution in [3.05, 3.63) is 23.3 Å². The smallest absolute Gasteiger partial charge is 0.243 e. The Hall–Kier alpha value is -0.720. The summed E-state index contributed by atoms with van der Waals surface area (Å²) in [5.41, 5.74) is 2.61. The number of thioether (sulfide) groups is 1. The highest BCUT2D eigenvalue weighted by molar-refractivity contribution is 7.99. The SMILES string of the molecule is CCNc1cc(C)c(S(=O)(=O)N2CCSCC2C)c(C)c1. The van der Waals surface area contributed by atoms with Crippen LogP contribution in [0.3, 0.4) is 0 Å². The van der Waals surface area contributed by atoms with E-state index in [-0.39, 0.29) is 6.04 Å². The summed E-state index contributed by atoms with van der Waals surface area (Å²) in [7, 11) is -3.41. The van der Waals surface area contributed by atoms with E-state index in [1.165, 1.54) is 0 Å². The molecule has 0 radical (unpaired) electrons. The summed E-state index contributed by atoms with van der Waals surface area (Å²) >= 11 is 1.82. The molecule has 1 aromatic carbocycles. The van der Waals surface area contributed by atoms with E-state index >= 15 is 0 Å². The summed E-state index contributed by atoms with van der Waals surface area (Å²) < 4.78 is 27.7. The molecule has 1 N–H and O–H groups in total. The zero-order chi connectivity index (χ0) is 15.6. The first kappa shape index (κ1) is 16.6. The van der Waals surface area contributed by atoms with Crippen molar-refractivity contribution in [2.45, 2.75) is 38.6 Å². The molecule has 2 rings (SSSR count). The second-order valence-corrected chi connectivity index (χ2v) is 8.49. The van der Waals surface area contributed by atoms with E-state index in [0.29, 0.717) is 11.4 Å². The van der Waals surface area contributed by atoms with Gasteiger partial charge in [-0.2, -0.15) is 16.1 Å². The van der Waals surface area contributed by atoms with Crippen LogP contribution in [0.5, 0.6) is 0 Å². The lowest BCUT2D eigenvalue weighted by atomic mass is 10.1. The van der Waals surface area contributed by atoms with Crippen LogP contribution in [0.1, 0.15) is 25.0 Å². The van der Waals surface area contributed by atoms with E-state index in [9.17, 15) is 8.42 Å². The molecule has 1 aliphatic rings. The molecule has 1 heterocycles. The largest absolute Gasteiger partial charge is 0.385 e. The van der Waals surface area contributed by atoms with Crippen molar-refractivity contribution in [3.8, 4) is 0 Å². The molecule has 0 aromatic heterocycles. The van der Waals surface area contributed by atoms with Crippen LogP contribution in [0.4, 0.5) is 5.69 Å². The first-order valence-corrected chi connectivity index (χ1v) is 9.92. The fourth-order valence-electron chi connectivity index (χ4n) is 2.85. The normalized spacial score (nSPS) is 20.5. The maximum atomic E-state index is 13.0. The summed E-state index contributed by atoms with van der Waals surface area (Å²) in [4.78, 5) is 0.475. The van der Waals surface area contributed by atoms with Crippen LogP contribution in [0.25, 0.3) is 0 Å². The molecule has 118 valence electrons. The van der Waals surface area contributed by atoms with Gasteiger partial charge in [0.1, 0.15) is 0 Å². The fourth-order valence-corrected chi connectivity index (χ4v) is 6.12. The molecule has 4 nitrogen and oxygen atoms in total. The Labute approximate surface area is 132 Å². The number of benzene rings is 1. The standard InChI is InChI=1S/C15H24N2O2S2/c1-5-16-14-8-11(2)15(12(3)9-14)21(18,19)17-6-7-20-10-13(17)4/h8-9,13,16H,5-7,10H2,1-4H3. The van der Waals surface area contributed by atoms with E-state index in [0.717, 1.165) is 34.9 Å². The molecule has 0 spiro atoms. The van der Waals surface area contributed by atoms with Crippen molar-refractivity contribution >= 4 is 27.5 Å². The number of nitrogens with zero attached hydrogens (tertiary/aromatic N) is 1. The van der Waals surface area contributed by atoms with E-state index in [2.05, 4.69) is 5.32 Å². The Bertz CT molecular complexity index is 591. The quantitative estimate of drug-likeness (QED) is 0.923. The van der Waals surface area contributed by atoms with Crippen LogP contribution >= 0.6 is 11.8 Å². The summed E-state index contributed by atoms with van der Waals surface area (Å²) in [6, 6.07) is 3.90. The lowest BCUT2D eigenvalue weighted by Crippen LogP contribution is -2.44. The van der Waals surface area contributed by atoms with Gasteiger partial charge in [0.15, 0.2) is 0 Å². The molecular formula is C15H24N2O2S2. The van der Waals surface area contributed by atoms with Crippen LogP contribution in [-0.2, 0) is 10.0 Å². The first-order chi connectivity index (χ1) is 9.87. The number of nitrogens with one attached hydrogen (secondary N) is 1. The van der Waals surface area contributed by atoms with Gasteiger partial charge >= 0.3 is 0 Å². The van der Waals surface area contributed by atoms with Crippen molar-refractivity contribution in [1.29, 1.82) is 0 Å². The van der Waals surface area contributed by atoms with Gasteiger partial charge in [0.05, 0.1) is 4.90 Å². The van der Waals surface area contributed by atoms with Gasteiger partial charge in [0.25, 0.3) is 0 Å². The van der Waals surface area contributed by atoms with Crippen LogP contribution in [0.15, 0.2) is 17.0 Å². The third-order valence-electron chi connectivity index (χ3n) is 3.71. The molecule has 0 saturated carbocycles. The van der Waals surface area contributed by atoms with Crippen LogP contribution in [-0.4, -0.2) is 43.4 Å². The summed E-state index contributed by atoms with van der Waals surface area (Å²) in [6.07, 6.45) is 0. The Morgan fingerprint density at radius 2 is 1.95 bits per heavy atom. The molecule has 1 aromatic rings. The fraction of sp³-hybridized carbons (Fsp3) is 0.600. The molecular weight excluding hydrogens is 304 g/mol. The van der Waals surface area contributed by atoms with E-state index in [1.54, 1.807) is 4.31 Å². The maximum Gasteiger partial charge on any atom is 0.243 e. The van der Waals surface area contributed by atoms with Crippen molar-refractivity contribution in [3.63, 3.8) is 0 Å². The Balaban J connectivity index is 2.44. The number of sulfonamides is 1. The average Bonchev–Trinajstić information content (AvgIpc) is 2.38. The second kappa shape index (κ2) is 6.58. The third kappa shape index (κ3) is 3.38. The number of hydrogen-bond donors (Lipinski definition) is 1. The molecule has 1 aliphatic heterocycles. The molecule has 21 heavy (non-hydrogen) atoms. The van der Waals surface area contributed by atoms with E-state index in [4.69, 9.17) is 0 Å². The minimum absolute atomic E-state index is 0.0565. The lowest BCUT2D eigenvalue weighted by Gasteiger charge is -2.33. The van der Waals surface area contributed by atoms with Crippen LogP contribution in [0.2, 0.25) is 0 Å². The molecule has 0 aliphatic carbocycles. The molecule has 0 bridgehead atoms. The molecule has 1 atom stereocenters. The van der Waals surface area contributed by atoms with Crippen molar-refractivity contribution in [1.82, 2.24) is 4.31 Å². The highest BCUT2D eigenvalue weighted by Crippen LogP contribution is 2.30. The van der Waals surface area contributed by atoms with Crippen molar-refractivity contribution in [2.24, 2.45) is 0 Å². The van der Waals surface area contributed by atoms with E-state index < -0.39 is 10.0 Å². The number of aryl methyl sites for hydroxylation is 2. The van der Waals surface area contributed by atoms with Crippen molar-refractivity contribution in [2.75, 3.05) is 29.9 Å². The zero-order valence-electron chi connectivity index (χ0n) is 13.1. The average molecular weight is 329 g/mol. The van der Waals surface area contributed by atoms with Gasteiger partial charge in [-0.15, -0.1) is 0 Å². The van der Waals surface area contributed by atoms with Gasteiger partial charge in [-0.25, -0.2) is 8.42 Å². The Kier molecular flexibility index (Phi) is 5.22. The molecule has 0 amide bonds. The van der Waals surface area contributed by atoms with E-state index in [1.807, 2.05) is 51.6 Å². The summed E-state index contributed by atoms with van der Waals surface area (Å²) in [6.45, 7) is 9.20. The topological polar surface area (TPSA) is 49.4 Å². The number of anilines is 1. The molecule has 1 unspecified atom stereocenters. The summed E-state index contributed by atoms with van der Waals surface area (Å²) in [5.74, 6) is 1.74. The highest BCUT2D eigenvalue weighted by Gasteiger charge is 2.33. The molecule has 6 heteroatoms. The van der Waals surface area contributed by atoms with Crippen LogP contribution in [0, 0.1) is 13.8 Å². The Morgan fingerprint density at radius 3 is 2.48 bits per heavy atom. The minimum atomic E-state index is -3.41. The monoisotopic (exact) mass is 328 g/mol. The van der Waals surface area contributed by atoms with Crippen molar-refractivity contribution < 1.29 is 8.42 Å². The Morgan fingerprint density at radius 1 is 1.33 bits per heavy atom. The van der Waals surface area contributed by atoms with Gasteiger partial charge in [-0.3, -0.25) is 0 Å². The maximum absolute atomic E-state index is 13.0. The second-order valence-electron chi connectivity index (χ2n) is 5.51. The molecule has 1 fully saturated rings. The summed E-state index contributed by atoms with van der Waals surface area (Å²) in [5, 5.41) is 3.24. The van der Waals surface area contributed by atoms with Gasteiger partial charge in [0, 0.05) is 36.3 Å². The number of hydrogen-bond acceptors (Lipinski definition) is 4. The van der Waals surface area contributed by atoms with Crippen LogP contribution < -0.4 is 5.32 Å². The zero-order valence-corrected chi connectivity index (χ0v) is 14.8. The first-order valence-electron chi connectivity index (χ1n) is 7.32. The highest BCUT2D eigenvalue weighted by atomic mass is 32.2. The van der Waals surface area contributed by atoms with Gasteiger partial charge in [0.2, 0.25) is 10.0 Å². The van der Waals surface area contributed by atoms with Gasteiger partial charge in [-0.1, -0.05) is 0 Å². The van der Waals surface area contributed by atoms with Gasteiger partial charge < -0.3 is 5.32 Å². The van der Waals surface area contributed by atoms with Gasteiger partial charge in [-0.05, 0) is 51.0 Å². The predicted molar refractivity (Wildman–Crippen MR) is 90.8 cm³/mol. The predicted octanol–water partition coefficient (Wildman–Crippen LogP) is 2.86. The lowest BCUT2D eigenvalue weighted by molar-refractivity contribution is 0.367. The third-order valence-corrected chi connectivity index (χ3v) is 7.22. The number of rotatable bonds is 4.